The zero-order chi connectivity index (χ0) is 17.6. The average Bonchev–Trinajstić information content (AvgIpc) is 3.07. The van der Waals surface area contributed by atoms with E-state index in [1.54, 1.807) is 16.2 Å². The summed E-state index contributed by atoms with van der Waals surface area (Å²) in [5.74, 6) is 0. The van der Waals surface area contributed by atoms with Crippen molar-refractivity contribution in [1.82, 2.24) is 20.1 Å². The zero-order valence-electron chi connectivity index (χ0n) is 15.0. The molecule has 136 valence electrons. The van der Waals surface area contributed by atoms with Crippen LogP contribution in [0.1, 0.15) is 50.7 Å². The van der Waals surface area contributed by atoms with Crippen molar-refractivity contribution in [1.29, 1.82) is 0 Å². The third kappa shape index (κ3) is 4.68. The molecule has 0 aliphatic carbocycles. The molecule has 0 radical (unpaired) electrons. The molecule has 0 saturated carbocycles. The van der Waals surface area contributed by atoms with Crippen molar-refractivity contribution in [3.63, 3.8) is 0 Å². The summed E-state index contributed by atoms with van der Waals surface area (Å²) < 4.78 is 0. The van der Waals surface area contributed by atoms with Crippen LogP contribution in [0.25, 0.3) is 0 Å². The predicted octanol–water partition coefficient (Wildman–Crippen LogP) is 2.39. The van der Waals surface area contributed by atoms with Crippen molar-refractivity contribution in [2.45, 2.75) is 52.2 Å². The number of rotatable bonds is 7. The second-order valence-electron chi connectivity index (χ2n) is 6.34. The number of aliphatic hydroxyl groups is 1. The third-order valence-electron chi connectivity index (χ3n) is 4.69. The number of carbonyl (C=O) groups is 1. The number of likely N-dealkylation sites (tertiary alicyclic amines) is 1. The summed E-state index contributed by atoms with van der Waals surface area (Å²) in [5.41, 5.74) is -0.136. The van der Waals surface area contributed by atoms with Gasteiger partial charge in [-0.15, -0.1) is 11.3 Å². The van der Waals surface area contributed by atoms with Crippen LogP contribution in [0, 0.1) is 0 Å². The first-order valence-electron chi connectivity index (χ1n) is 8.94. The Morgan fingerprint density at radius 1 is 1.38 bits per heavy atom. The molecule has 0 atom stereocenters. The number of hydrogen-bond donors (Lipinski definition) is 2. The fraction of sp³-hybridized carbons (Fsp3) is 0.765. The van der Waals surface area contributed by atoms with E-state index in [0.717, 1.165) is 36.8 Å². The van der Waals surface area contributed by atoms with Gasteiger partial charge in [0.1, 0.15) is 10.6 Å². The van der Waals surface area contributed by atoms with Crippen molar-refractivity contribution in [2.75, 3.05) is 32.7 Å². The maximum atomic E-state index is 12.0. The van der Waals surface area contributed by atoms with E-state index in [1.807, 2.05) is 12.3 Å². The van der Waals surface area contributed by atoms with Crippen LogP contribution in [0.2, 0.25) is 0 Å². The minimum Gasteiger partial charge on any atom is -0.383 e. The van der Waals surface area contributed by atoms with Crippen molar-refractivity contribution < 1.29 is 9.90 Å². The highest BCUT2D eigenvalue weighted by Gasteiger charge is 2.37. The van der Waals surface area contributed by atoms with Gasteiger partial charge in [0.25, 0.3) is 0 Å². The van der Waals surface area contributed by atoms with E-state index in [4.69, 9.17) is 0 Å². The first-order chi connectivity index (χ1) is 11.5. The molecule has 0 unspecified atom stereocenters. The first kappa shape index (κ1) is 19.1. The molecule has 1 fully saturated rings. The van der Waals surface area contributed by atoms with Gasteiger partial charge in [-0.25, -0.2) is 9.78 Å². The maximum absolute atomic E-state index is 12.0. The number of amides is 2. The maximum Gasteiger partial charge on any atom is 0.317 e. The van der Waals surface area contributed by atoms with E-state index in [0.29, 0.717) is 32.5 Å². The van der Waals surface area contributed by atoms with Crippen LogP contribution in [-0.2, 0) is 12.1 Å². The second kappa shape index (κ2) is 8.78. The monoisotopic (exact) mass is 354 g/mol. The Morgan fingerprint density at radius 2 is 2.04 bits per heavy atom. The molecule has 1 aliphatic rings. The van der Waals surface area contributed by atoms with E-state index >= 15 is 0 Å². The summed E-state index contributed by atoms with van der Waals surface area (Å²) in [5, 5.41) is 16.9. The standard InChI is InChI=1S/C17H30N4O2S/c1-4-9-18-16(22)21-10-7-17(23,8-11-21)14-13-24-15(19-14)12-20(5-2)6-3/h13,23H,4-12H2,1-3H3,(H,18,22). The Kier molecular flexibility index (Phi) is 7.01. The Hall–Kier alpha value is -1.18. The lowest BCUT2D eigenvalue weighted by atomic mass is 9.89. The second-order valence-corrected chi connectivity index (χ2v) is 7.28. The third-order valence-corrected chi connectivity index (χ3v) is 5.52. The van der Waals surface area contributed by atoms with Crippen molar-refractivity contribution >= 4 is 17.4 Å². The minimum atomic E-state index is -0.903. The molecule has 2 rings (SSSR count). The Bertz CT molecular complexity index is 522. The van der Waals surface area contributed by atoms with Crippen LogP contribution in [0.3, 0.4) is 0 Å². The van der Waals surface area contributed by atoms with E-state index < -0.39 is 5.60 Å². The number of nitrogens with zero attached hydrogens (tertiary/aromatic N) is 3. The smallest absolute Gasteiger partial charge is 0.317 e. The molecular formula is C17H30N4O2S. The van der Waals surface area contributed by atoms with Gasteiger partial charge in [-0.2, -0.15) is 0 Å². The number of nitrogens with one attached hydrogen (secondary N) is 1. The van der Waals surface area contributed by atoms with Crippen LogP contribution < -0.4 is 5.32 Å². The fourth-order valence-corrected chi connectivity index (χ4v) is 3.84. The van der Waals surface area contributed by atoms with Gasteiger partial charge in [0.15, 0.2) is 0 Å². The Morgan fingerprint density at radius 3 is 2.62 bits per heavy atom. The number of hydrogen-bond acceptors (Lipinski definition) is 5. The molecular weight excluding hydrogens is 324 g/mol. The Balaban J connectivity index is 1.93. The molecule has 2 amide bonds. The van der Waals surface area contributed by atoms with Crippen LogP contribution >= 0.6 is 11.3 Å². The normalized spacial score (nSPS) is 17.3. The van der Waals surface area contributed by atoms with Gasteiger partial charge in [-0.3, -0.25) is 4.90 Å². The van der Waals surface area contributed by atoms with Gasteiger partial charge >= 0.3 is 6.03 Å². The summed E-state index contributed by atoms with van der Waals surface area (Å²) in [7, 11) is 0. The predicted molar refractivity (Wildman–Crippen MR) is 97.1 cm³/mol. The van der Waals surface area contributed by atoms with Gasteiger partial charge in [-0.05, 0) is 32.4 Å². The van der Waals surface area contributed by atoms with Crippen molar-refractivity contribution in [3.05, 3.63) is 16.1 Å². The van der Waals surface area contributed by atoms with Crippen LogP contribution in [0.4, 0.5) is 4.79 Å². The summed E-state index contributed by atoms with van der Waals surface area (Å²) in [6, 6.07) is -0.0283. The molecule has 0 bridgehead atoms. The minimum absolute atomic E-state index is 0.0283. The molecule has 1 saturated heterocycles. The molecule has 6 nitrogen and oxygen atoms in total. The molecule has 0 aromatic carbocycles. The summed E-state index contributed by atoms with van der Waals surface area (Å²) >= 11 is 1.61. The first-order valence-corrected chi connectivity index (χ1v) is 9.82. The fourth-order valence-electron chi connectivity index (χ4n) is 2.92. The van der Waals surface area contributed by atoms with Gasteiger partial charge in [0, 0.05) is 25.0 Å². The topological polar surface area (TPSA) is 68.7 Å². The quantitative estimate of drug-likeness (QED) is 0.789. The van der Waals surface area contributed by atoms with Crippen molar-refractivity contribution in [2.24, 2.45) is 0 Å². The van der Waals surface area contributed by atoms with Gasteiger partial charge in [0.05, 0.1) is 12.2 Å². The van der Waals surface area contributed by atoms with Gasteiger partial charge in [-0.1, -0.05) is 20.8 Å². The van der Waals surface area contributed by atoms with E-state index in [-0.39, 0.29) is 6.03 Å². The number of aromatic nitrogens is 1. The summed E-state index contributed by atoms with van der Waals surface area (Å²) in [6.45, 7) is 11.0. The molecule has 24 heavy (non-hydrogen) atoms. The highest BCUT2D eigenvalue weighted by Crippen LogP contribution is 2.33. The van der Waals surface area contributed by atoms with Crippen molar-refractivity contribution in [3.8, 4) is 0 Å². The molecule has 2 heterocycles. The molecule has 1 aromatic rings. The molecule has 1 aliphatic heterocycles. The number of carbonyl (C=O) groups excluding carboxylic acids is 1. The highest BCUT2D eigenvalue weighted by molar-refractivity contribution is 7.09. The lowest BCUT2D eigenvalue weighted by Crippen LogP contribution is -2.49. The van der Waals surface area contributed by atoms with Crippen LogP contribution in [0.15, 0.2) is 5.38 Å². The van der Waals surface area contributed by atoms with Crippen LogP contribution in [0.5, 0.6) is 0 Å². The van der Waals surface area contributed by atoms with Gasteiger partial charge < -0.3 is 15.3 Å². The lowest BCUT2D eigenvalue weighted by molar-refractivity contribution is -0.0200. The summed E-state index contributed by atoms with van der Waals surface area (Å²) in [6.07, 6.45) is 2.01. The van der Waals surface area contributed by atoms with Gasteiger partial charge in [0.2, 0.25) is 0 Å². The zero-order valence-corrected chi connectivity index (χ0v) is 15.9. The van der Waals surface area contributed by atoms with E-state index in [2.05, 4.69) is 29.0 Å². The SMILES string of the molecule is CCCNC(=O)N1CCC(O)(c2csc(CN(CC)CC)n2)CC1. The lowest BCUT2D eigenvalue weighted by Gasteiger charge is -2.37. The highest BCUT2D eigenvalue weighted by atomic mass is 32.1. The number of thiazole rings is 1. The molecule has 2 N–H and O–H groups in total. The molecule has 1 aromatic heterocycles. The average molecular weight is 355 g/mol. The summed E-state index contributed by atoms with van der Waals surface area (Å²) in [4.78, 5) is 20.8. The molecule has 0 spiro atoms. The molecule has 7 heteroatoms. The Labute approximate surface area is 148 Å². The van der Waals surface area contributed by atoms with E-state index in [1.165, 1.54) is 0 Å². The number of urea groups is 1. The van der Waals surface area contributed by atoms with E-state index in [9.17, 15) is 9.90 Å². The van der Waals surface area contributed by atoms with Crippen LogP contribution in [-0.4, -0.2) is 58.6 Å². The number of piperidine rings is 1. The largest absolute Gasteiger partial charge is 0.383 e.